The van der Waals surface area contributed by atoms with E-state index in [0.29, 0.717) is 16.8 Å². The third kappa shape index (κ3) is 2.42. The molecule has 0 saturated heterocycles. The van der Waals surface area contributed by atoms with Crippen LogP contribution in [0.3, 0.4) is 0 Å². The number of ether oxygens (including phenoxy) is 1. The molecule has 3 aliphatic heterocycles. The van der Waals surface area contributed by atoms with Crippen LogP contribution in [0, 0.1) is 0 Å². The number of amides is 3. The largest absolute Gasteiger partial charge is 0.444 e. The number of hydrogen-bond acceptors (Lipinski definition) is 5. The molecule has 2 bridgehead atoms. The SMILES string of the molecule is CC(C)(C)OC(=O)N1C2C3=C(C(=O)N(c4ccccc4)C3=O)C1c1c2sc2ccccc12. The van der Waals surface area contributed by atoms with Crippen LogP contribution < -0.4 is 4.90 Å². The second-order valence-corrected chi connectivity index (χ2v) is 10.3. The highest BCUT2D eigenvalue weighted by molar-refractivity contribution is 7.19. The van der Waals surface area contributed by atoms with E-state index in [0.717, 1.165) is 20.5 Å². The smallest absolute Gasteiger partial charge is 0.411 e. The molecule has 6 nitrogen and oxygen atoms in total. The van der Waals surface area contributed by atoms with Crippen molar-refractivity contribution >= 4 is 45.0 Å². The average molecular weight is 445 g/mol. The molecule has 3 aromatic rings. The van der Waals surface area contributed by atoms with E-state index >= 15 is 0 Å². The number of carbonyl (C=O) groups is 3. The molecular formula is C25H20N2O4S. The summed E-state index contributed by atoms with van der Waals surface area (Å²) in [6.45, 7) is 5.42. The third-order valence-electron chi connectivity index (χ3n) is 6.06. The van der Waals surface area contributed by atoms with Gasteiger partial charge in [-0.15, -0.1) is 11.3 Å². The van der Waals surface area contributed by atoms with Gasteiger partial charge in [0.05, 0.1) is 22.9 Å². The second kappa shape index (κ2) is 6.29. The fraction of sp³-hybridized carbons (Fsp3) is 0.240. The summed E-state index contributed by atoms with van der Waals surface area (Å²) < 4.78 is 6.77. The first-order valence-electron chi connectivity index (χ1n) is 10.5. The predicted octanol–water partition coefficient (Wildman–Crippen LogP) is 5.12. The van der Waals surface area contributed by atoms with E-state index in [1.165, 1.54) is 4.90 Å². The number of benzene rings is 2. The van der Waals surface area contributed by atoms with Gasteiger partial charge in [0.25, 0.3) is 11.8 Å². The van der Waals surface area contributed by atoms with Crippen molar-refractivity contribution < 1.29 is 19.1 Å². The topological polar surface area (TPSA) is 66.9 Å². The number of imide groups is 1. The maximum atomic E-state index is 13.6. The number of thiophene rings is 1. The Morgan fingerprint density at radius 1 is 0.906 bits per heavy atom. The number of hydrogen-bond donors (Lipinski definition) is 0. The van der Waals surface area contributed by atoms with Crippen LogP contribution in [0.25, 0.3) is 10.1 Å². The van der Waals surface area contributed by atoms with Crippen molar-refractivity contribution in [3.63, 3.8) is 0 Å². The number of nitrogens with zero attached hydrogens (tertiary/aromatic N) is 2. The quantitative estimate of drug-likeness (QED) is 0.489. The van der Waals surface area contributed by atoms with Crippen LogP contribution in [0.4, 0.5) is 10.5 Å². The summed E-state index contributed by atoms with van der Waals surface area (Å²) in [5.74, 6) is -0.724. The Bertz CT molecular complexity index is 1370. The molecule has 0 radical (unpaired) electrons. The summed E-state index contributed by atoms with van der Waals surface area (Å²) in [5.41, 5.74) is 1.58. The maximum absolute atomic E-state index is 13.6. The molecule has 0 aliphatic carbocycles. The van der Waals surface area contributed by atoms with E-state index in [4.69, 9.17) is 4.74 Å². The molecule has 1 aromatic heterocycles. The molecule has 2 unspecified atom stereocenters. The van der Waals surface area contributed by atoms with E-state index in [-0.39, 0.29) is 11.8 Å². The molecule has 0 N–H and O–H groups in total. The molecule has 2 aromatic carbocycles. The normalized spacial score (nSPS) is 21.6. The number of anilines is 1. The van der Waals surface area contributed by atoms with Gasteiger partial charge in [0.1, 0.15) is 11.6 Å². The number of carbonyl (C=O) groups excluding carboxylic acids is 3. The molecule has 0 spiro atoms. The highest BCUT2D eigenvalue weighted by atomic mass is 32.1. The first-order valence-corrected chi connectivity index (χ1v) is 11.3. The molecule has 7 heteroatoms. The Labute approximate surface area is 188 Å². The van der Waals surface area contributed by atoms with Gasteiger partial charge in [0.2, 0.25) is 0 Å². The summed E-state index contributed by atoms with van der Waals surface area (Å²) in [6.07, 6.45) is -0.513. The van der Waals surface area contributed by atoms with Gasteiger partial charge in [-0.25, -0.2) is 9.69 Å². The van der Waals surface area contributed by atoms with Crippen LogP contribution in [-0.4, -0.2) is 28.4 Å². The summed E-state index contributed by atoms with van der Waals surface area (Å²) in [7, 11) is 0. The molecule has 160 valence electrons. The van der Waals surface area contributed by atoms with Crippen LogP contribution in [0.5, 0.6) is 0 Å². The van der Waals surface area contributed by atoms with Crippen molar-refractivity contribution in [2.75, 3.05) is 4.90 Å². The van der Waals surface area contributed by atoms with Crippen molar-refractivity contribution in [3.8, 4) is 0 Å². The minimum atomic E-state index is -0.691. The van der Waals surface area contributed by atoms with Crippen LogP contribution in [-0.2, 0) is 14.3 Å². The van der Waals surface area contributed by atoms with Gasteiger partial charge in [-0.3, -0.25) is 14.5 Å². The van der Waals surface area contributed by atoms with E-state index in [2.05, 4.69) is 0 Å². The van der Waals surface area contributed by atoms with Crippen molar-refractivity contribution in [1.82, 2.24) is 4.90 Å². The first kappa shape index (κ1) is 19.3. The number of para-hydroxylation sites is 1. The Hall–Kier alpha value is -3.45. The zero-order valence-electron chi connectivity index (χ0n) is 17.8. The van der Waals surface area contributed by atoms with Crippen LogP contribution in [0.15, 0.2) is 65.7 Å². The lowest BCUT2D eigenvalue weighted by molar-refractivity contribution is -0.121. The number of fused-ring (bicyclic) bond motifs is 9. The van der Waals surface area contributed by atoms with Crippen molar-refractivity contribution in [2.24, 2.45) is 0 Å². The molecule has 0 fully saturated rings. The fourth-order valence-corrected chi connectivity index (χ4v) is 6.31. The fourth-order valence-electron chi connectivity index (χ4n) is 4.97. The van der Waals surface area contributed by atoms with Crippen molar-refractivity contribution in [1.29, 1.82) is 0 Å². The Balaban J connectivity index is 1.51. The summed E-state index contributed by atoms with van der Waals surface area (Å²) in [6, 6.07) is 15.7. The second-order valence-electron chi connectivity index (χ2n) is 9.18. The van der Waals surface area contributed by atoms with Crippen LogP contribution in [0.1, 0.15) is 43.3 Å². The van der Waals surface area contributed by atoms with Crippen LogP contribution >= 0.6 is 11.3 Å². The zero-order chi connectivity index (χ0) is 22.4. The van der Waals surface area contributed by atoms with Gasteiger partial charge in [0, 0.05) is 15.1 Å². The van der Waals surface area contributed by atoms with E-state index < -0.39 is 23.8 Å². The molecule has 3 aliphatic rings. The van der Waals surface area contributed by atoms with Gasteiger partial charge in [-0.2, -0.15) is 0 Å². The summed E-state index contributed by atoms with van der Waals surface area (Å²) in [5, 5.41) is 1.01. The Kier molecular flexibility index (Phi) is 3.79. The summed E-state index contributed by atoms with van der Waals surface area (Å²) in [4.78, 5) is 44.1. The first-order chi connectivity index (χ1) is 15.3. The minimum absolute atomic E-state index is 0.361. The van der Waals surface area contributed by atoms with Gasteiger partial charge < -0.3 is 4.74 Å². The molecule has 2 atom stereocenters. The van der Waals surface area contributed by atoms with Crippen molar-refractivity contribution in [3.05, 3.63) is 76.2 Å². The molecule has 6 rings (SSSR count). The third-order valence-corrected chi connectivity index (χ3v) is 7.30. The van der Waals surface area contributed by atoms with E-state index in [1.807, 2.05) is 51.1 Å². The molecule has 3 amide bonds. The predicted molar refractivity (Wildman–Crippen MR) is 121 cm³/mol. The molecule has 0 saturated carbocycles. The molecule has 4 heterocycles. The van der Waals surface area contributed by atoms with Crippen LogP contribution in [0.2, 0.25) is 0 Å². The van der Waals surface area contributed by atoms with Gasteiger partial charge in [-0.05, 0) is 44.4 Å². The summed E-state index contributed by atoms with van der Waals surface area (Å²) >= 11 is 1.57. The monoisotopic (exact) mass is 444 g/mol. The van der Waals surface area contributed by atoms with E-state index in [1.54, 1.807) is 40.5 Å². The minimum Gasteiger partial charge on any atom is -0.444 e. The van der Waals surface area contributed by atoms with Gasteiger partial charge in [0.15, 0.2) is 0 Å². The highest BCUT2D eigenvalue weighted by Gasteiger charge is 2.62. The highest BCUT2D eigenvalue weighted by Crippen LogP contribution is 2.63. The van der Waals surface area contributed by atoms with Crippen molar-refractivity contribution in [2.45, 2.75) is 38.5 Å². The Morgan fingerprint density at radius 2 is 1.53 bits per heavy atom. The lowest BCUT2D eigenvalue weighted by Crippen LogP contribution is -2.41. The average Bonchev–Trinajstić information content (AvgIpc) is 3.43. The lowest BCUT2D eigenvalue weighted by Gasteiger charge is -2.30. The lowest BCUT2D eigenvalue weighted by atomic mass is 9.90. The number of rotatable bonds is 1. The zero-order valence-corrected chi connectivity index (χ0v) is 18.6. The molecular weight excluding hydrogens is 424 g/mol. The molecule has 32 heavy (non-hydrogen) atoms. The van der Waals surface area contributed by atoms with E-state index in [9.17, 15) is 14.4 Å². The Morgan fingerprint density at radius 3 is 2.22 bits per heavy atom. The standard InChI is InChI=1S/C25H20N2O4S/c1-25(2,3)31-24(30)27-19-16-14-11-7-8-12-15(14)32-21(16)20(27)18-17(19)22(28)26(23(18)29)13-9-5-4-6-10-13/h4-12,19-20H,1-3H3. The van der Waals surface area contributed by atoms with Gasteiger partial charge >= 0.3 is 6.09 Å². The van der Waals surface area contributed by atoms with Gasteiger partial charge in [-0.1, -0.05) is 36.4 Å². The maximum Gasteiger partial charge on any atom is 0.411 e.